The van der Waals surface area contributed by atoms with E-state index in [1.807, 2.05) is 6.20 Å². The number of hydrogen-bond donors (Lipinski definition) is 1. The molecule has 31 heavy (non-hydrogen) atoms. The minimum absolute atomic E-state index is 0.243. The number of nitrogens with zero attached hydrogens (tertiary/aromatic N) is 2. The standard InChI is InChI=1S/C28H43N3/c1-19-5-7-22-21(15-19)6-8-24-23(22)11-13-28(4)25(24)9-10-26(28)27(2,3)18-31-17-20(12-14-29)16-30-31/h16-17,19,21-26H,5-11,13,15,18,29H2,1-4H3. The summed E-state index contributed by atoms with van der Waals surface area (Å²) in [6, 6.07) is 2.50. The van der Waals surface area contributed by atoms with Crippen LogP contribution >= 0.6 is 0 Å². The summed E-state index contributed by atoms with van der Waals surface area (Å²) in [5.74, 6) is 9.79. The average Bonchev–Trinajstić information content (AvgIpc) is 3.31. The molecule has 0 bridgehead atoms. The van der Waals surface area contributed by atoms with E-state index in [0.29, 0.717) is 5.41 Å². The van der Waals surface area contributed by atoms with Crippen LogP contribution in [0.1, 0.15) is 91.0 Å². The summed E-state index contributed by atoms with van der Waals surface area (Å²) in [4.78, 5) is 0. The topological polar surface area (TPSA) is 43.8 Å². The van der Waals surface area contributed by atoms with Crippen LogP contribution in [-0.2, 0) is 6.54 Å². The highest BCUT2D eigenvalue weighted by Gasteiger charge is 2.59. The van der Waals surface area contributed by atoms with Crippen LogP contribution in [0.4, 0.5) is 0 Å². The van der Waals surface area contributed by atoms with Gasteiger partial charge < -0.3 is 5.73 Å². The maximum atomic E-state index is 5.39. The largest absolute Gasteiger partial charge is 0.359 e. The van der Waals surface area contributed by atoms with E-state index in [1.54, 1.807) is 0 Å². The second-order valence-corrected chi connectivity index (χ2v) is 12.7. The molecular formula is C28H43N3. The van der Waals surface area contributed by atoms with Crippen molar-refractivity contribution >= 4 is 0 Å². The maximum absolute atomic E-state index is 5.39. The zero-order valence-electron chi connectivity index (χ0n) is 20.2. The lowest BCUT2D eigenvalue weighted by molar-refractivity contribution is -0.0843. The molecule has 0 radical (unpaired) electrons. The lowest BCUT2D eigenvalue weighted by atomic mass is 9.48. The molecule has 5 rings (SSSR count). The van der Waals surface area contributed by atoms with Crippen LogP contribution in [-0.4, -0.2) is 9.78 Å². The molecule has 3 heteroatoms. The molecule has 0 spiro atoms. The molecule has 170 valence electrons. The first-order chi connectivity index (χ1) is 14.8. The first-order valence-corrected chi connectivity index (χ1v) is 13.1. The SMILES string of the molecule is CC1CCC2C(CCC3C2CCC2(C)C3CCC2C(C)(C)Cn2cc(C#CN)cn2)C1. The van der Waals surface area contributed by atoms with Crippen LogP contribution in [0.2, 0.25) is 0 Å². The molecule has 2 N–H and O–H groups in total. The summed E-state index contributed by atoms with van der Waals surface area (Å²) >= 11 is 0. The van der Waals surface area contributed by atoms with Crippen molar-refractivity contribution in [1.82, 2.24) is 9.78 Å². The maximum Gasteiger partial charge on any atom is 0.0647 e. The number of fused-ring (bicyclic) bond motifs is 5. The quantitative estimate of drug-likeness (QED) is 0.474. The molecule has 0 amide bonds. The summed E-state index contributed by atoms with van der Waals surface area (Å²) in [5.41, 5.74) is 7.06. The monoisotopic (exact) mass is 421 g/mol. The normalized spacial score (nSPS) is 42.1. The Morgan fingerprint density at radius 1 is 1.10 bits per heavy atom. The van der Waals surface area contributed by atoms with Crippen molar-refractivity contribution in [3.05, 3.63) is 18.0 Å². The van der Waals surface area contributed by atoms with E-state index < -0.39 is 0 Å². The molecular weight excluding hydrogens is 378 g/mol. The molecule has 4 aliphatic rings. The zero-order valence-corrected chi connectivity index (χ0v) is 20.2. The first-order valence-electron chi connectivity index (χ1n) is 13.1. The molecule has 8 unspecified atom stereocenters. The molecule has 4 saturated carbocycles. The van der Waals surface area contributed by atoms with Crippen LogP contribution in [0.25, 0.3) is 0 Å². The molecule has 4 aliphatic carbocycles. The van der Waals surface area contributed by atoms with Gasteiger partial charge in [0.05, 0.1) is 11.8 Å². The third-order valence-corrected chi connectivity index (χ3v) is 10.6. The Labute approximate surface area is 189 Å². The van der Waals surface area contributed by atoms with Crippen molar-refractivity contribution in [2.75, 3.05) is 0 Å². The first kappa shape index (κ1) is 21.4. The van der Waals surface area contributed by atoms with Crippen molar-refractivity contribution in [3.8, 4) is 12.0 Å². The van der Waals surface area contributed by atoms with Crippen molar-refractivity contribution in [2.45, 2.75) is 92.0 Å². The van der Waals surface area contributed by atoms with Crippen molar-refractivity contribution in [2.24, 2.45) is 58.0 Å². The number of nitrogens with two attached hydrogens (primary N) is 1. The van der Waals surface area contributed by atoms with E-state index in [4.69, 9.17) is 5.73 Å². The van der Waals surface area contributed by atoms with E-state index in [2.05, 4.69) is 55.6 Å². The Morgan fingerprint density at radius 2 is 1.90 bits per heavy atom. The minimum Gasteiger partial charge on any atom is -0.359 e. The van der Waals surface area contributed by atoms with Gasteiger partial charge in [-0.15, -0.1) is 0 Å². The van der Waals surface area contributed by atoms with Gasteiger partial charge in [-0.3, -0.25) is 4.68 Å². The summed E-state index contributed by atoms with van der Waals surface area (Å²) in [6.07, 6.45) is 17.3. The van der Waals surface area contributed by atoms with Crippen LogP contribution in [0, 0.1) is 64.2 Å². The van der Waals surface area contributed by atoms with E-state index in [9.17, 15) is 0 Å². The Kier molecular flexibility index (Phi) is 5.43. The zero-order chi connectivity index (χ0) is 21.8. The van der Waals surface area contributed by atoms with Crippen molar-refractivity contribution in [1.29, 1.82) is 0 Å². The fourth-order valence-electron chi connectivity index (χ4n) is 9.50. The average molecular weight is 422 g/mol. The smallest absolute Gasteiger partial charge is 0.0647 e. The third kappa shape index (κ3) is 3.63. The summed E-state index contributed by atoms with van der Waals surface area (Å²) in [5, 5.41) is 4.59. The lowest BCUT2D eigenvalue weighted by Crippen LogP contribution is -2.50. The van der Waals surface area contributed by atoms with Crippen LogP contribution in [0.5, 0.6) is 0 Å². The van der Waals surface area contributed by atoms with Gasteiger partial charge in [-0.2, -0.15) is 5.10 Å². The molecule has 1 aromatic heterocycles. The van der Waals surface area contributed by atoms with Crippen LogP contribution in [0.3, 0.4) is 0 Å². The second-order valence-electron chi connectivity index (χ2n) is 12.7. The van der Waals surface area contributed by atoms with E-state index >= 15 is 0 Å². The highest BCUT2D eigenvalue weighted by Crippen LogP contribution is 2.67. The van der Waals surface area contributed by atoms with E-state index in [-0.39, 0.29) is 5.41 Å². The van der Waals surface area contributed by atoms with Gasteiger partial charge in [-0.1, -0.05) is 34.1 Å². The number of rotatable bonds is 3. The van der Waals surface area contributed by atoms with Crippen molar-refractivity contribution in [3.63, 3.8) is 0 Å². The molecule has 4 fully saturated rings. The van der Waals surface area contributed by atoms with Crippen LogP contribution in [0.15, 0.2) is 12.4 Å². The van der Waals surface area contributed by atoms with Crippen LogP contribution < -0.4 is 5.73 Å². The molecule has 0 saturated heterocycles. The summed E-state index contributed by atoms with van der Waals surface area (Å²) in [7, 11) is 0. The van der Waals surface area contributed by atoms with Gasteiger partial charge in [0.2, 0.25) is 0 Å². The second kappa shape index (κ2) is 7.86. The highest BCUT2D eigenvalue weighted by atomic mass is 15.3. The Bertz CT molecular complexity index is 857. The van der Waals surface area contributed by atoms with Gasteiger partial charge in [0.25, 0.3) is 0 Å². The Morgan fingerprint density at radius 3 is 2.71 bits per heavy atom. The number of hydrogen-bond acceptors (Lipinski definition) is 2. The minimum atomic E-state index is 0.243. The summed E-state index contributed by atoms with van der Waals surface area (Å²) < 4.78 is 2.11. The Hall–Kier alpha value is -1.43. The predicted molar refractivity (Wildman–Crippen MR) is 127 cm³/mol. The lowest BCUT2D eigenvalue weighted by Gasteiger charge is -2.57. The Balaban J connectivity index is 1.33. The molecule has 1 aromatic rings. The van der Waals surface area contributed by atoms with Gasteiger partial charge in [0.15, 0.2) is 0 Å². The predicted octanol–water partition coefficient (Wildman–Crippen LogP) is 6.08. The fourth-order valence-corrected chi connectivity index (χ4v) is 9.50. The van der Waals surface area contributed by atoms with E-state index in [0.717, 1.165) is 53.5 Å². The summed E-state index contributed by atoms with van der Waals surface area (Å²) in [6.45, 7) is 11.1. The number of aromatic nitrogens is 2. The van der Waals surface area contributed by atoms with Crippen molar-refractivity contribution < 1.29 is 0 Å². The molecule has 8 atom stereocenters. The van der Waals surface area contributed by atoms with Gasteiger partial charge in [-0.25, -0.2) is 0 Å². The molecule has 3 nitrogen and oxygen atoms in total. The van der Waals surface area contributed by atoms with Gasteiger partial charge in [0.1, 0.15) is 0 Å². The third-order valence-electron chi connectivity index (χ3n) is 10.6. The van der Waals surface area contributed by atoms with Gasteiger partial charge >= 0.3 is 0 Å². The molecule has 0 aliphatic heterocycles. The van der Waals surface area contributed by atoms with Gasteiger partial charge in [-0.05, 0) is 110 Å². The van der Waals surface area contributed by atoms with Gasteiger partial charge in [0, 0.05) is 18.8 Å². The highest BCUT2D eigenvalue weighted by molar-refractivity contribution is 5.28. The fraction of sp³-hybridized carbons (Fsp3) is 0.821. The molecule has 0 aromatic carbocycles. The van der Waals surface area contributed by atoms with E-state index in [1.165, 1.54) is 57.8 Å². The molecule has 1 heterocycles.